The zero-order valence-electron chi connectivity index (χ0n) is 19.2. The fourth-order valence-electron chi connectivity index (χ4n) is 3.94. The number of aliphatic hydroxyl groups excluding tert-OH is 1. The Morgan fingerprint density at radius 1 is 1.27 bits per heavy atom. The number of nitrogens with one attached hydrogen (secondary N) is 1. The smallest absolute Gasteiger partial charge is 0.408 e. The number of carboxylic acid groups (broad SMARTS) is 1. The van der Waals surface area contributed by atoms with E-state index in [1.165, 1.54) is 29.8 Å². The molecular formula is C26H20ClFN4O4S. The summed E-state index contributed by atoms with van der Waals surface area (Å²) in [5.41, 5.74) is 2.06. The largest absolute Gasteiger partial charge is 0.487 e. The molecule has 3 N–H and O–H groups in total. The number of benzene rings is 2. The summed E-state index contributed by atoms with van der Waals surface area (Å²) in [6.45, 7) is 0.234. The van der Waals surface area contributed by atoms with Gasteiger partial charge in [0.05, 0.1) is 38.8 Å². The molecule has 0 aliphatic carbocycles. The number of carbonyl (C=O) groups is 1. The third-order valence-electron chi connectivity index (χ3n) is 5.68. The van der Waals surface area contributed by atoms with Crippen molar-refractivity contribution in [2.45, 2.75) is 25.2 Å². The van der Waals surface area contributed by atoms with Gasteiger partial charge in [0, 0.05) is 12.1 Å². The Kier molecular flexibility index (Phi) is 7.10. The molecule has 0 radical (unpaired) electrons. The van der Waals surface area contributed by atoms with E-state index in [0.717, 1.165) is 9.60 Å². The highest BCUT2D eigenvalue weighted by molar-refractivity contribution is 7.20. The zero-order chi connectivity index (χ0) is 25.9. The predicted molar refractivity (Wildman–Crippen MR) is 139 cm³/mol. The van der Waals surface area contributed by atoms with Gasteiger partial charge < -0.3 is 20.3 Å². The van der Waals surface area contributed by atoms with E-state index in [1.54, 1.807) is 30.3 Å². The van der Waals surface area contributed by atoms with Crippen LogP contribution in [0.1, 0.15) is 16.9 Å². The molecule has 1 amide bonds. The Morgan fingerprint density at radius 2 is 2.14 bits per heavy atom. The van der Waals surface area contributed by atoms with E-state index in [2.05, 4.69) is 27.1 Å². The molecule has 0 unspecified atom stereocenters. The summed E-state index contributed by atoms with van der Waals surface area (Å²) < 4.78 is 19.9. The van der Waals surface area contributed by atoms with Crippen LogP contribution < -0.4 is 10.1 Å². The quantitative estimate of drug-likeness (QED) is 0.297. The van der Waals surface area contributed by atoms with Gasteiger partial charge in [0.1, 0.15) is 24.5 Å². The minimum atomic E-state index is -1.10. The number of nitrogens with zero attached hydrogens (tertiary/aromatic N) is 3. The first kappa shape index (κ1) is 24.8. The lowest BCUT2D eigenvalue weighted by molar-refractivity contribution is 0.136. The van der Waals surface area contributed by atoms with Gasteiger partial charge in [-0.15, -0.1) is 11.3 Å². The highest BCUT2D eigenvalue weighted by atomic mass is 35.5. The van der Waals surface area contributed by atoms with Crippen molar-refractivity contribution in [3.05, 3.63) is 76.1 Å². The van der Waals surface area contributed by atoms with Gasteiger partial charge in [-0.25, -0.2) is 19.2 Å². The van der Waals surface area contributed by atoms with E-state index in [-0.39, 0.29) is 25.4 Å². The van der Waals surface area contributed by atoms with Gasteiger partial charge in [-0.1, -0.05) is 35.6 Å². The first-order valence-corrected chi connectivity index (χ1v) is 12.4. The molecule has 0 saturated carbocycles. The number of β-amino-alcohol motifs (C(OH)–C–C–N with tert-alkyl or cyclic N) is 1. The van der Waals surface area contributed by atoms with Crippen LogP contribution in [0.4, 0.5) is 20.7 Å². The molecule has 4 aromatic rings. The molecule has 8 nitrogen and oxygen atoms in total. The molecule has 11 heteroatoms. The molecule has 188 valence electrons. The van der Waals surface area contributed by atoms with E-state index >= 15 is 0 Å². The average molecular weight is 539 g/mol. The molecule has 1 aliphatic rings. The Balaban J connectivity index is 1.31. The summed E-state index contributed by atoms with van der Waals surface area (Å²) in [6.07, 6.45) is -0.107. The summed E-state index contributed by atoms with van der Waals surface area (Å²) in [7, 11) is 0. The molecule has 5 rings (SSSR count). The number of hydrogen-bond acceptors (Lipinski definition) is 7. The lowest BCUT2D eigenvalue weighted by atomic mass is 10.2. The normalized spacial score (nSPS) is 16.9. The van der Waals surface area contributed by atoms with Crippen LogP contribution in [0.25, 0.3) is 10.2 Å². The topological polar surface area (TPSA) is 108 Å². The van der Waals surface area contributed by atoms with Gasteiger partial charge in [0.25, 0.3) is 0 Å². The number of rotatable bonds is 5. The number of halogens is 2. The third-order valence-corrected chi connectivity index (χ3v) is 7.02. The molecule has 0 bridgehead atoms. The molecule has 3 heterocycles. The molecule has 2 atom stereocenters. The lowest BCUT2D eigenvalue weighted by Gasteiger charge is -2.15. The SMILES string of the molecule is O=C(O)N1C[C@H](O)C[C@H]1C#Cc1cc2ncnc(Nc3ccc(OCc4cccc(F)c4)c(Cl)c3)c2s1. The second kappa shape index (κ2) is 10.6. The van der Waals surface area contributed by atoms with Crippen LogP contribution in [-0.4, -0.2) is 49.9 Å². The van der Waals surface area contributed by atoms with Gasteiger partial charge in [-0.2, -0.15) is 0 Å². The fourth-order valence-corrected chi connectivity index (χ4v) is 5.09. The van der Waals surface area contributed by atoms with Gasteiger partial charge in [-0.05, 0) is 42.0 Å². The van der Waals surface area contributed by atoms with Gasteiger partial charge in [0.2, 0.25) is 0 Å². The monoisotopic (exact) mass is 538 g/mol. The molecular weight excluding hydrogens is 519 g/mol. The van der Waals surface area contributed by atoms with Crippen LogP contribution in [0, 0.1) is 17.7 Å². The first-order chi connectivity index (χ1) is 17.9. The number of hydrogen-bond donors (Lipinski definition) is 3. The lowest BCUT2D eigenvalue weighted by Crippen LogP contribution is -2.33. The maximum absolute atomic E-state index is 13.4. The van der Waals surface area contributed by atoms with Gasteiger partial charge in [-0.3, -0.25) is 4.90 Å². The van der Waals surface area contributed by atoms with E-state index in [4.69, 9.17) is 16.3 Å². The first-order valence-electron chi connectivity index (χ1n) is 11.2. The molecule has 2 aromatic heterocycles. The molecule has 0 spiro atoms. The van der Waals surface area contributed by atoms with Crippen LogP contribution in [-0.2, 0) is 6.61 Å². The van der Waals surface area contributed by atoms with Crippen LogP contribution in [0.2, 0.25) is 5.02 Å². The van der Waals surface area contributed by atoms with Crippen LogP contribution >= 0.6 is 22.9 Å². The number of thiophene rings is 1. The van der Waals surface area contributed by atoms with E-state index in [1.807, 2.05) is 6.07 Å². The molecule has 37 heavy (non-hydrogen) atoms. The van der Waals surface area contributed by atoms with Crippen molar-refractivity contribution in [3.8, 4) is 17.6 Å². The Morgan fingerprint density at radius 3 is 2.92 bits per heavy atom. The van der Waals surface area contributed by atoms with Crippen molar-refractivity contribution in [3.63, 3.8) is 0 Å². The number of likely N-dealkylation sites (tertiary alicyclic amines) is 1. The summed E-state index contributed by atoms with van der Waals surface area (Å²) in [6, 6.07) is 12.6. The van der Waals surface area contributed by atoms with Gasteiger partial charge >= 0.3 is 6.09 Å². The van der Waals surface area contributed by atoms with Crippen LogP contribution in [0.5, 0.6) is 5.75 Å². The summed E-state index contributed by atoms with van der Waals surface area (Å²) in [5.74, 6) is 6.67. The number of aromatic nitrogens is 2. The van der Waals surface area contributed by atoms with Crippen molar-refractivity contribution < 1.29 is 24.1 Å². The standard InChI is InChI=1S/C26H20ClFN4O4S/c27-21-9-17(4-7-23(21)36-13-15-2-1-3-16(28)8-15)31-25-24-22(29-14-30-25)11-20(37-24)6-5-18-10-19(33)12-32(18)26(34)35/h1-4,7-9,11,14,18-19,33H,10,12-13H2,(H,34,35)(H,29,30,31)/t18-,19-/m1/s1. The second-order valence-electron chi connectivity index (χ2n) is 8.35. The maximum Gasteiger partial charge on any atom is 0.408 e. The van der Waals surface area contributed by atoms with Crippen LogP contribution in [0.15, 0.2) is 54.9 Å². The number of fused-ring (bicyclic) bond motifs is 1. The third kappa shape index (κ3) is 5.75. The van der Waals surface area contributed by atoms with Gasteiger partial charge in [0.15, 0.2) is 5.82 Å². The molecule has 1 aliphatic heterocycles. The number of ether oxygens (including phenoxy) is 1. The van der Waals surface area contributed by atoms with Crippen LogP contribution in [0.3, 0.4) is 0 Å². The minimum absolute atomic E-state index is 0.0534. The number of amides is 1. The van der Waals surface area contributed by atoms with Crippen molar-refractivity contribution in [2.24, 2.45) is 0 Å². The fraction of sp³-hybridized carbons (Fsp3) is 0.192. The van der Waals surface area contributed by atoms with E-state index in [9.17, 15) is 19.4 Å². The molecule has 1 fully saturated rings. The summed E-state index contributed by atoms with van der Waals surface area (Å²) in [5, 5.41) is 22.7. The minimum Gasteiger partial charge on any atom is -0.487 e. The van der Waals surface area contributed by atoms with E-state index < -0.39 is 18.2 Å². The summed E-state index contributed by atoms with van der Waals surface area (Å²) in [4.78, 5) is 21.9. The van der Waals surface area contributed by atoms with E-state index in [0.29, 0.717) is 38.2 Å². The van der Waals surface area contributed by atoms with Crippen molar-refractivity contribution >= 4 is 50.8 Å². The Labute approximate surface area is 220 Å². The number of anilines is 2. The van der Waals surface area contributed by atoms with Crippen molar-refractivity contribution in [2.75, 3.05) is 11.9 Å². The molecule has 2 aromatic carbocycles. The second-order valence-corrected chi connectivity index (χ2v) is 9.81. The highest BCUT2D eigenvalue weighted by Crippen LogP contribution is 2.33. The maximum atomic E-state index is 13.4. The Bertz CT molecular complexity index is 1540. The summed E-state index contributed by atoms with van der Waals surface area (Å²) >= 11 is 7.79. The molecule has 1 saturated heterocycles. The number of aliphatic hydroxyl groups is 1. The predicted octanol–water partition coefficient (Wildman–Crippen LogP) is 5.27. The average Bonchev–Trinajstić information content (AvgIpc) is 3.46. The zero-order valence-corrected chi connectivity index (χ0v) is 20.8. The highest BCUT2D eigenvalue weighted by Gasteiger charge is 2.33. The van der Waals surface area contributed by atoms with Crippen molar-refractivity contribution in [1.82, 2.24) is 14.9 Å². The van der Waals surface area contributed by atoms with Crippen molar-refractivity contribution in [1.29, 1.82) is 0 Å². The Hall–Kier alpha value is -3.91.